The molecule has 0 bridgehead atoms. The summed E-state index contributed by atoms with van der Waals surface area (Å²) in [7, 11) is 1.92. The average molecular weight is 437 g/mol. The molecule has 164 valence electrons. The van der Waals surface area contributed by atoms with Crippen LogP contribution in [0.25, 0.3) is 23.0 Å². The molecule has 4 aromatic rings. The highest BCUT2D eigenvalue weighted by Gasteiger charge is 2.24. The Hall–Kier alpha value is -4.19. The highest BCUT2D eigenvalue weighted by Crippen LogP contribution is 2.35. The van der Waals surface area contributed by atoms with Gasteiger partial charge in [-0.2, -0.15) is 0 Å². The lowest BCUT2D eigenvalue weighted by atomic mass is 10.0. The Labute approximate surface area is 191 Å². The maximum atomic E-state index is 12.8. The highest BCUT2D eigenvalue weighted by atomic mass is 16.3. The second kappa shape index (κ2) is 8.39. The van der Waals surface area contributed by atoms with Gasteiger partial charge < -0.3 is 14.3 Å². The maximum absolute atomic E-state index is 12.8. The molecule has 1 aliphatic rings. The number of nitrogens with zero attached hydrogens (tertiary/aromatic N) is 2. The van der Waals surface area contributed by atoms with Gasteiger partial charge in [-0.15, -0.1) is 0 Å². The number of benzene rings is 2. The molecule has 0 spiro atoms. The Balaban J connectivity index is 1.39. The summed E-state index contributed by atoms with van der Waals surface area (Å²) < 4.78 is 8.04. The van der Waals surface area contributed by atoms with E-state index in [0.717, 1.165) is 28.1 Å². The lowest BCUT2D eigenvalue weighted by Crippen LogP contribution is -2.03. The normalized spacial score (nSPS) is 13.9. The summed E-state index contributed by atoms with van der Waals surface area (Å²) in [5, 5.41) is 2.88. The third kappa shape index (κ3) is 4.03. The summed E-state index contributed by atoms with van der Waals surface area (Å²) >= 11 is 0. The van der Waals surface area contributed by atoms with Gasteiger partial charge in [0, 0.05) is 47.7 Å². The number of furan rings is 1. The predicted molar refractivity (Wildman–Crippen MR) is 128 cm³/mol. The molecule has 2 aromatic carbocycles. The van der Waals surface area contributed by atoms with E-state index in [1.54, 1.807) is 18.6 Å². The number of carbonyl (C=O) groups is 2. The number of aromatic nitrogens is 2. The molecule has 0 saturated heterocycles. The average Bonchev–Trinajstić information content (AvgIpc) is 3.50. The minimum absolute atomic E-state index is 0.0721. The van der Waals surface area contributed by atoms with Gasteiger partial charge in [0.15, 0.2) is 5.78 Å². The van der Waals surface area contributed by atoms with Crippen molar-refractivity contribution >= 4 is 29.0 Å². The number of aryl methyl sites for hydroxylation is 3. The van der Waals surface area contributed by atoms with Gasteiger partial charge in [0.05, 0.1) is 11.9 Å². The van der Waals surface area contributed by atoms with Crippen LogP contribution in [0.3, 0.4) is 0 Å². The fourth-order valence-corrected chi connectivity index (χ4v) is 4.05. The molecule has 1 amide bonds. The van der Waals surface area contributed by atoms with Gasteiger partial charge in [0.25, 0.3) is 5.91 Å². The smallest absolute Gasteiger partial charge is 0.256 e. The van der Waals surface area contributed by atoms with E-state index in [2.05, 4.69) is 10.3 Å². The standard InChI is InChI=1S/C27H23N3O3/c1-17-12-26(33-25(17)14-22-21-8-3-4-9-23(21)29-27(22)32)19-7-5-6-18(13-19)24(31)11-10-20-15-28-16-30(20)2/h3-9,12-16H,10-11H2,1-2H3,(H,29,32)/b22-14+. The van der Waals surface area contributed by atoms with E-state index in [1.165, 1.54) is 0 Å². The van der Waals surface area contributed by atoms with E-state index < -0.39 is 0 Å². The second-order valence-electron chi connectivity index (χ2n) is 8.22. The molecule has 6 nitrogen and oxygen atoms in total. The first-order valence-corrected chi connectivity index (χ1v) is 10.8. The number of fused-ring (bicyclic) bond motifs is 1. The number of nitrogens with one attached hydrogen (secondary N) is 1. The fraction of sp³-hybridized carbons (Fsp3) is 0.148. The number of imidazole rings is 1. The SMILES string of the molecule is Cc1cc(-c2cccc(C(=O)CCc3cncn3C)c2)oc1/C=C1/C(=O)Nc2ccccc21. The van der Waals surface area contributed by atoms with Crippen molar-refractivity contribution in [2.75, 3.05) is 5.32 Å². The monoisotopic (exact) mass is 437 g/mol. The largest absolute Gasteiger partial charge is 0.456 e. The lowest BCUT2D eigenvalue weighted by molar-refractivity contribution is -0.110. The molecule has 1 N–H and O–H groups in total. The minimum atomic E-state index is -0.144. The minimum Gasteiger partial charge on any atom is -0.456 e. The van der Waals surface area contributed by atoms with Gasteiger partial charge in [-0.05, 0) is 43.2 Å². The second-order valence-corrected chi connectivity index (χ2v) is 8.22. The summed E-state index contributed by atoms with van der Waals surface area (Å²) in [4.78, 5) is 29.3. The van der Waals surface area contributed by atoms with Crippen molar-refractivity contribution in [2.24, 2.45) is 7.05 Å². The molecular formula is C27H23N3O3. The fourth-order valence-electron chi connectivity index (χ4n) is 4.05. The number of hydrogen-bond donors (Lipinski definition) is 1. The van der Waals surface area contributed by atoms with E-state index in [1.807, 2.05) is 73.1 Å². The zero-order chi connectivity index (χ0) is 22.9. The van der Waals surface area contributed by atoms with Crippen LogP contribution in [0.4, 0.5) is 5.69 Å². The third-order valence-electron chi connectivity index (χ3n) is 5.94. The number of rotatable bonds is 6. The van der Waals surface area contributed by atoms with Crippen molar-refractivity contribution in [1.82, 2.24) is 9.55 Å². The first-order chi connectivity index (χ1) is 16.0. The zero-order valence-electron chi connectivity index (χ0n) is 18.5. The van der Waals surface area contributed by atoms with E-state index in [4.69, 9.17) is 4.42 Å². The van der Waals surface area contributed by atoms with Gasteiger partial charge >= 0.3 is 0 Å². The quantitative estimate of drug-likeness (QED) is 0.328. The van der Waals surface area contributed by atoms with Crippen LogP contribution in [0, 0.1) is 6.92 Å². The molecular weight excluding hydrogens is 414 g/mol. The zero-order valence-corrected chi connectivity index (χ0v) is 18.5. The van der Waals surface area contributed by atoms with E-state index in [9.17, 15) is 9.59 Å². The summed E-state index contributed by atoms with van der Waals surface area (Å²) in [5.74, 6) is 1.21. The van der Waals surface area contributed by atoms with Crippen molar-refractivity contribution in [2.45, 2.75) is 19.8 Å². The number of ketones is 1. The summed E-state index contributed by atoms with van der Waals surface area (Å²) in [6.07, 6.45) is 6.35. The van der Waals surface area contributed by atoms with Gasteiger partial charge in [0.1, 0.15) is 11.5 Å². The number of Topliss-reactive ketones (excluding diaryl/α,β-unsaturated/α-hetero) is 1. The summed E-state index contributed by atoms with van der Waals surface area (Å²) in [6, 6.07) is 17.0. The van der Waals surface area contributed by atoms with E-state index in [0.29, 0.717) is 35.5 Å². The Morgan fingerprint density at radius 2 is 2.00 bits per heavy atom. The molecule has 5 rings (SSSR count). The van der Waals surface area contributed by atoms with Gasteiger partial charge in [-0.3, -0.25) is 9.59 Å². The molecule has 33 heavy (non-hydrogen) atoms. The Morgan fingerprint density at radius 1 is 1.15 bits per heavy atom. The van der Waals surface area contributed by atoms with Crippen LogP contribution in [-0.2, 0) is 18.3 Å². The maximum Gasteiger partial charge on any atom is 0.256 e. The van der Waals surface area contributed by atoms with Crippen molar-refractivity contribution in [3.63, 3.8) is 0 Å². The number of amides is 1. The number of para-hydroxylation sites is 1. The molecule has 3 heterocycles. The van der Waals surface area contributed by atoms with E-state index in [-0.39, 0.29) is 11.7 Å². The lowest BCUT2D eigenvalue weighted by Gasteiger charge is -2.04. The molecule has 0 aliphatic carbocycles. The number of anilines is 1. The molecule has 0 unspecified atom stereocenters. The molecule has 0 radical (unpaired) electrons. The molecule has 0 saturated carbocycles. The van der Waals surface area contributed by atoms with Crippen LogP contribution in [-0.4, -0.2) is 21.2 Å². The Bertz CT molecular complexity index is 1410. The molecule has 0 fully saturated rings. The number of carbonyl (C=O) groups excluding carboxylic acids is 2. The van der Waals surface area contributed by atoms with Gasteiger partial charge in [0.2, 0.25) is 0 Å². The summed E-state index contributed by atoms with van der Waals surface area (Å²) in [6.45, 7) is 1.95. The van der Waals surface area contributed by atoms with Crippen LogP contribution in [0.5, 0.6) is 0 Å². The van der Waals surface area contributed by atoms with Crippen molar-refractivity contribution in [3.8, 4) is 11.3 Å². The van der Waals surface area contributed by atoms with Crippen LogP contribution in [0.1, 0.15) is 39.4 Å². The van der Waals surface area contributed by atoms with Crippen LogP contribution >= 0.6 is 0 Å². The van der Waals surface area contributed by atoms with E-state index >= 15 is 0 Å². The van der Waals surface area contributed by atoms with Gasteiger partial charge in [-0.1, -0.05) is 36.4 Å². The van der Waals surface area contributed by atoms with Crippen LogP contribution in [0.2, 0.25) is 0 Å². The number of hydrogen-bond acceptors (Lipinski definition) is 4. The third-order valence-corrected chi connectivity index (χ3v) is 5.94. The molecule has 0 atom stereocenters. The Morgan fingerprint density at radius 3 is 2.82 bits per heavy atom. The highest BCUT2D eigenvalue weighted by molar-refractivity contribution is 6.34. The first kappa shape index (κ1) is 20.7. The Kier molecular flexibility index (Phi) is 5.26. The first-order valence-electron chi connectivity index (χ1n) is 10.8. The summed E-state index contributed by atoms with van der Waals surface area (Å²) in [5.41, 5.74) is 5.65. The molecule has 1 aliphatic heterocycles. The van der Waals surface area contributed by atoms with Crippen molar-refractivity contribution in [1.29, 1.82) is 0 Å². The van der Waals surface area contributed by atoms with Crippen molar-refractivity contribution in [3.05, 3.63) is 95.3 Å². The van der Waals surface area contributed by atoms with Gasteiger partial charge in [-0.25, -0.2) is 4.98 Å². The molecule has 6 heteroatoms. The van der Waals surface area contributed by atoms with Crippen LogP contribution < -0.4 is 5.32 Å². The molecule has 2 aromatic heterocycles. The predicted octanol–water partition coefficient (Wildman–Crippen LogP) is 5.30. The van der Waals surface area contributed by atoms with Crippen LogP contribution in [0.15, 0.2) is 71.5 Å². The topological polar surface area (TPSA) is 77.1 Å². The van der Waals surface area contributed by atoms with Crippen molar-refractivity contribution < 1.29 is 14.0 Å².